The van der Waals surface area contributed by atoms with E-state index in [2.05, 4.69) is 15.5 Å². The van der Waals surface area contributed by atoms with Gasteiger partial charge >= 0.3 is 0 Å². The summed E-state index contributed by atoms with van der Waals surface area (Å²) in [6.45, 7) is 4.94. The highest BCUT2D eigenvalue weighted by Gasteiger charge is 2.36. The summed E-state index contributed by atoms with van der Waals surface area (Å²) >= 11 is 0. The molecule has 1 rings (SSSR count). The zero-order valence-electron chi connectivity index (χ0n) is 14.0. The van der Waals surface area contributed by atoms with Crippen LogP contribution in [0.15, 0.2) is 0 Å². The molecule has 5 heteroatoms. The molecule has 1 aliphatic carbocycles. The van der Waals surface area contributed by atoms with Gasteiger partial charge in [-0.1, -0.05) is 19.3 Å². The normalized spacial score (nSPS) is 16.8. The van der Waals surface area contributed by atoms with E-state index < -0.39 is 5.41 Å². The number of nitrogens with zero attached hydrogens (tertiary/aromatic N) is 1. The van der Waals surface area contributed by atoms with Crippen molar-refractivity contribution in [1.82, 2.24) is 15.5 Å². The Hall–Kier alpha value is -1.10. The Balaban J connectivity index is 2.38. The minimum Gasteiger partial charge on any atom is -0.355 e. The summed E-state index contributed by atoms with van der Waals surface area (Å²) in [6.07, 6.45) is 6.55. The molecular weight excluding hydrogens is 266 g/mol. The number of amides is 2. The van der Waals surface area contributed by atoms with Gasteiger partial charge in [0.2, 0.25) is 11.8 Å². The Morgan fingerprint density at radius 3 is 2.29 bits per heavy atom. The monoisotopic (exact) mass is 297 g/mol. The molecule has 0 bridgehead atoms. The molecule has 0 spiro atoms. The molecule has 122 valence electrons. The van der Waals surface area contributed by atoms with Crippen LogP contribution in [0.1, 0.15) is 52.4 Å². The van der Waals surface area contributed by atoms with E-state index in [0.29, 0.717) is 6.54 Å². The van der Waals surface area contributed by atoms with Crippen LogP contribution in [0.2, 0.25) is 0 Å². The largest absolute Gasteiger partial charge is 0.355 e. The smallest absolute Gasteiger partial charge is 0.235 e. The summed E-state index contributed by atoms with van der Waals surface area (Å²) in [5, 5.41) is 5.91. The van der Waals surface area contributed by atoms with Crippen molar-refractivity contribution in [2.45, 2.75) is 58.4 Å². The van der Waals surface area contributed by atoms with Gasteiger partial charge in [-0.3, -0.25) is 9.59 Å². The third-order valence-electron chi connectivity index (χ3n) is 4.14. The van der Waals surface area contributed by atoms with Crippen molar-refractivity contribution >= 4 is 11.8 Å². The lowest BCUT2D eigenvalue weighted by atomic mass is 9.89. The molecule has 0 aromatic rings. The molecule has 0 saturated heterocycles. The van der Waals surface area contributed by atoms with Crippen LogP contribution in [0.5, 0.6) is 0 Å². The predicted octanol–water partition coefficient (Wildman–Crippen LogP) is 1.53. The van der Waals surface area contributed by atoms with Crippen LogP contribution < -0.4 is 10.6 Å². The van der Waals surface area contributed by atoms with Crippen LogP contribution in [0.3, 0.4) is 0 Å². The van der Waals surface area contributed by atoms with Gasteiger partial charge in [0, 0.05) is 12.6 Å². The second-order valence-corrected chi connectivity index (χ2v) is 6.85. The number of rotatable bonds is 7. The van der Waals surface area contributed by atoms with Gasteiger partial charge in [-0.05, 0) is 53.8 Å². The van der Waals surface area contributed by atoms with Crippen LogP contribution in [0, 0.1) is 5.41 Å². The number of nitrogens with one attached hydrogen (secondary N) is 2. The fourth-order valence-electron chi connectivity index (χ4n) is 2.53. The van der Waals surface area contributed by atoms with Crippen LogP contribution in [-0.2, 0) is 9.59 Å². The minimum absolute atomic E-state index is 0.153. The number of carbonyl (C=O) groups is 2. The van der Waals surface area contributed by atoms with Crippen LogP contribution in [-0.4, -0.2) is 49.9 Å². The zero-order valence-corrected chi connectivity index (χ0v) is 14.0. The van der Waals surface area contributed by atoms with Crippen molar-refractivity contribution in [2.75, 3.05) is 27.2 Å². The quantitative estimate of drug-likeness (QED) is 0.553. The fourth-order valence-corrected chi connectivity index (χ4v) is 2.53. The van der Waals surface area contributed by atoms with E-state index in [0.717, 1.165) is 25.8 Å². The predicted molar refractivity (Wildman–Crippen MR) is 85.0 cm³/mol. The molecule has 0 aromatic heterocycles. The van der Waals surface area contributed by atoms with Gasteiger partial charge in [0.15, 0.2) is 0 Å². The first kappa shape index (κ1) is 18.0. The molecule has 1 aliphatic rings. The van der Waals surface area contributed by atoms with E-state index >= 15 is 0 Å². The lowest BCUT2D eigenvalue weighted by Crippen LogP contribution is -2.51. The molecule has 0 radical (unpaired) electrons. The first-order valence-corrected chi connectivity index (χ1v) is 8.08. The van der Waals surface area contributed by atoms with Crippen LogP contribution in [0.25, 0.3) is 0 Å². The second-order valence-electron chi connectivity index (χ2n) is 6.85. The van der Waals surface area contributed by atoms with Crippen molar-refractivity contribution in [3.05, 3.63) is 0 Å². The molecule has 21 heavy (non-hydrogen) atoms. The van der Waals surface area contributed by atoms with Crippen molar-refractivity contribution in [3.63, 3.8) is 0 Å². The Kier molecular flexibility index (Phi) is 7.15. The van der Waals surface area contributed by atoms with Crippen molar-refractivity contribution in [3.8, 4) is 0 Å². The summed E-state index contributed by atoms with van der Waals surface area (Å²) in [5.74, 6) is -0.339. The molecular formula is C16H31N3O2. The molecule has 2 amide bonds. The molecule has 0 aromatic carbocycles. The Morgan fingerprint density at radius 2 is 1.71 bits per heavy atom. The van der Waals surface area contributed by atoms with Crippen molar-refractivity contribution < 1.29 is 9.59 Å². The first-order chi connectivity index (χ1) is 9.84. The highest BCUT2D eigenvalue weighted by Crippen LogP contribution is 2.21. The molecule has 0 aliphatic heterocycles. The number of carbonyl (C=O) groups excluding carboxylic acids is 2. The van der Waals surface area contributed by atoms with E-state index in [1.807, 2.05) is 14.1 Å². The maximum absolute atomic E-state index is 12.3. The van der Waals surface area contributed by atoms with Gasteiger partial charge in [-0.15, -0.1) is 0 Å². The second kappa shape index (κ2) is 8.37. The number of hydrogen-bond acceptors (Lipinski definition) is 3. The van der Waals surface area contributed by atoms with Gasteiger partial charge in [0.25, 0.3) is 0 Å². The lowest BCUT2D eigenvalue weighted by Gasteiger charge is -2.28. The molecule has 2 N–H and O–H groups in total. The van der Waals surface area contributed by atoms with Crippen molar-refractivity contribution in [1.29, 1.82) is 0 Å². The van der Waals surface area contributed by atoms with E-state index in [1.165, 1.54) is 19.3 Å². The van der Waals surface area contributed by atoms with Gasteiger partial charge in [0.05, 0.1) is 0 Å². The number of hydrogen-bond donors (Lipinski definition) is 2. The topological polar surface area (TPSA) is 61.4 Å². The van der Waals surface area contributed by atoms with E-state index in [-0.39, 0.29) is 17.9 Å². The van der Waals surface area contributed by atoms with Gasteiger partial charge in [-0.25, -0.2) is 0 Å². The average molecular weight is 297 g/mol. The first-order valence-electron chi connectivity index (χ1n) is 8.08. The molecule has 0 atom stereocenters. The van der Waals surface area contributed by atoms with Gasteiger partial charge in [-0.2, -0.15) is 0 Å². The van der Waals surface area contributed by atoms with Crippen molar-refractivity contribution in [2.24, 2.45) is 5.41 Å². The minimum atomic E-state index is -1.00. The SMILES string of the molecule is CN(C)CCCNC(=O)C(C)(C)C(=O)NC1CCCCC1. The van der Waals surface area contributed by atoms with E-state index in [4.69, 9.17) is 0 Å². The summed E-state index contributed by atoms with van der Waals surface area (Å²) in [5.41, 5.74) is -1.00. The highest BCUT2D eigenvalue weighted by atomic mass is 16.2. The average Bonchev–Trinajstić information content (AvgIpc) is 2.44. The third kappa shape index (κ3) is 6.04. The third-order valence-corrected chi connectivity index (χ3v) is 4.14. The Morgan fingerprint density at radius 1 is 1.10 bits per heavy atom. The molecule has 5 nitrogen and oxygen atoms in total. The van der Waals surface area contributed by atoms with E-state index in [1.54, 1.807) is 13.8 Å². The summed E-state index contributed by atoms with van der Waals surface area (Å²) in [6, 6.07) is 0.243. The lowest BCUT2D eigenvalue weighted by molar-refractivity contribution is -0.141. The highest BCUT2D eigenvalue weighted by molar-refractivity contribution is 6.04. The maximum Gasteiger partial charge on any atom is 0.235 e. The summed E-state index contributed by atoms with van der Waals surface area (Å²) in [7, 11) is 4.01. The Labute approximate surface area is 128 Å². The van der Waals surface area contributed by atoms with Crippen LogP contribution >= 0.6 is 0 Å². The standard InChI is InChI=1S/C16H31N3O2/c1-16(2,14(20)17-11-8-12-19(3)4)15(21)18-13-9-6-5-7-10-13/h13H,5-12H2,1-4H3,(H,17,20)(H,18,21). The Bertz CT molecular complexity index is 347. The maximum atomic E-state index is 12.3. The molecule has 1 saturated carbocycles. The summed E-state index contributed by atoms with van der Waals surface area (Å²) in [4.78, 5) is 26.6. The fraction of sp³-hybridized carbons (Fsp3) is 0.875. The summed E-state index contributed by atoms with van der Waals surface area (Å²) < 4.78 is 0. The molecule has 0 unspecified atom stereocenters. The van der Waals surface area contributed by atoms with E-state index in [9.17, 15) is 9.59 Å². The van der Waals surface area contributed by atoms with Gasteiger partial charge < -0.3 is 15.5 Å². The van der Waals surface area contributed by atoms with Gasteiger partial charge in [0.1, 0.15) is 5.41 Å². The van der Waals surface area contributed by atoms with Crippen LogP contribution in [0.4, 0.5) is 0 Å². The zero-order chi connectivity index (χ0) is 15.9. The molecule has 1 fully saturated rings. The molecule has 0 heterocycles.